The van der Waals surface area contributed by atoms with Gasteiger partial charge in [-0.2, -0.15) is 5.10 Å². The molecule has 0 saturated heterocycles. The van der Waals surface area contributed by atoms with Crippen LogP contribution in [0.2, 0.25) is 0 Å². The van der Waals surface area contributed by atoms with Crippen LogP contribution in [0.15, 0.2) is 12.3 Å². The van der Waals surface area contributed by atoms with Gasteiger partial charge in [0.1, 0.15) is 0 Å². The number of hydrogen-bond acceptors (Lipinski definition) is 3. The van der Waals surface area contributed by atoms with Crippen molar-refractivity contribution >= 4 is 5.91 Å². The highest BCUT2D eigenvalue weighted by Gasteiger charge is 2.22. The highest BCUT2D eigenvalue weighted by molar-refractivity contribution is 5.78. The van der Waals surface area contributed by atoms with Crippen LogP contribution in [0, 0.1) is 0 Å². The number of aromatic amines is 1. The second-order valence-electron chi connectivity index (χ2n) is 3.97. The standard InChI is InChI=1S/C11H19N3O2/c1-3-11(16,4-2)8-12-10(15)7-9-5-6-13-14-9/h5-6,16H,3-4,7-8H2,1-2H3,(H,12,15)(H,13,14). The van der Waals surface area contributed by atoms with Gasteiger partial charge in [0, 0.05) is 18.4 Å². The van der Waals surface area contributed by atoms with E-state index in [1.807, 2.05) is 13.8 Å². The van der Waals surface area contributed by atoms with E-state index in [1.54, 1.807) is 12.3 Å². The minimum absolute atomic E-state index is 0.107. The zero-order valence-electron chi connectivity index (χ0n) is 9.79. The quantitative estimate of drug-likeness (QED) is 0.664. The van der Waals surface area contributed by atoms with E-state index in [4.69, 9.17) is 0 Å². The number of aromatic nitrogens is 2. The fourth-order valence-electron chi connectivity index (χ4n) is 1.38. The summed E-state index contributed by atoms with van der Waals surface area (Å²) < 4.78 is 0. The third-order valence-corrected chi connectivity index (χ3v) is 2.84. The molecule has 0 aliphatic heterocycles. The van der Waals surface area contributed by atoms with Crippen molar-refractivity contribution in [1.82, 2.24) is 15.5 Å². The maximum absolute atomic E-state index is 11.5. The van der Waals surface area contributed by atoms with Crippen molar-refractivity contribution in [1.29, 1.82) is 0 Å². The summed E-state index contributed by atoms with van der Waals surface area (Å²) >= 11 is 0. The van der Waals surface area contributed by atoms with E-state index in [9.17, 15) is 9.90 Å². The van der Waals surface area contributed by atoms with E-state index in [-0.39, 0.29) is 12.3 Å². The molecule has 1 aromatic rings. The van der Waals surface area contributed by atoms with Gasteiger partial charge < -0.3 is 10.4 Å². The molecule has 0 radical (unpaired) electrons. The lowest BCUT2D eigenvalue weighted by molar-refractivity contribution is -0.121. The maximum atomic E-state index is 11.5. The molecule has 0 aliphatic carbocycles. The third kappa shape index (κ3) is 3.66. The zero-order chi connectivity index (χ0) is 12.0. The largest absolute Gasteiger partial charge is 0.388 e. The Balaban J connectivity index is 2.35. The zero-order valence-corrected chi connectivity index (χ0v) is 9.79. The van der Waals surface area contributed by atoms with E-state index in [0.717, 1.165) is 5.69 Å². The molecule has 0 spiro atoms. The second kappa shape index (κ2) is 5.65. The lowest BCUT2D eigenvalue weighted by Gasteiger charge is -2.25. The van der Waals surface area contributed by atoms with Gasteiger partial charge in [-0.3, -0.25) is 9.89 Å². The van der Waals surface area contributed by atoms with Crippen LogP contribution in [-0.4, -0.2) is 33.4 Å². The van der Waals surface area contributed by atoms with Gasteiger partial charge in [-0.15, -0.1) is 0 Å². The van der Waals surface area contributed by atoms with Gasteiger partial charge in [0.05, 0.1) is 12.0 Å². The number of aliphatic hydroxyl groups is 1. The molecular formula is C11H19N3O2. The summed E-state index contributed by atoms with van der Waals surface area (Å²) in [5.41, 5.74) is -0.0158. The van der Waals surface area contributed by atoms with Crippen LogP contribution in [-0.2, 0) is 11.2 Å². The number of carbonyl (C=O) groups excluding carboxylic acids is 1. The summed E-state index contributed by atoms with van der Waals surface area (Å²) in [5, 5.41) is 19.2. The SMILES string of the molecule is CCC(O)(CC)CNC(=O)Cc1ccn[nH]1. The van der Waals surface area contributed by atoms with Crippen molar-refractivity contribution in [3.63, 3.8) is 0 Å². The Hall–Kier alpha value is -1.36. The van der Waals surface area contributed by atoms with Crippen molar-refractivity contribution in [2.45, 2.75) is 38.7 Å². The molecule has 3 N–H and O–H groups in total. The lowest BCUT2D eigenvalue weighted by Crippen LogP contribution is -2.42. The summed E-state index contributed by atoms with van der Waals surface area (Å²) in [7, 11) is 0. The Bertz CT molecular complexity index is 318. The molecule has 1 amide bonds. The van der Waals surface area contributed by atoms with E-state index in [1.165, 1.54) is 0 Å². The van der Waals surface area contributed by atoms with Crippen molar-refractivity contribution in [3.8, 4) is 0 Å². The summed E-state index contributed by atoms with van der Waals surface area (Å²) in [6, 6.07) is 1.76. The number of H-pyrrole nitrogens is 1. The number of amides is 1. The monoisotopic (exact) mass is 225 g/mol. The van der Waals surface area contributed by atoms with Gasteiger partial charge in [-0.25, -0.2) is 0 Å². The molecule has 0 fully saturated rings. The Morgan fingerprint density at radius 3 is 2.75 bits per heavy atom. The Morgan fingerprint density at radius 1 is 1.56 bits per heavy atom. The fraction of sp³-hybridized carbons (Fsp3) is 0.636. The average Bonchev–Trinajstić information content (AvgIpc) is 2.79. The van der Waals surface area contributed by atoms with Gasteiger partial charge in [0.15, 0.2) is 0 Å². The molecule has 0 atom stereocenters. The minimum Gasteiger partial charge on any atom is -0.388 e. The molecule has 16 heavy (non-hydrogen) atoms. The minimum atomic E-state index is -0.788. The van der Waals surface area contributed by atoms with Crippen LogP contribution >= 0.6 is 0 Å². The number of hydrogen-bond donors (Lipinski definition) is 3. The van der Waals surface area contributed by atoms with Crippen LogP contribution < -0.4 is 5.32 Å². The first-order valence-corrected chi connectivity index (χ1v) is 5.57. The average molecular weight is 225 g/mol. The van der Waals surface area contributed by atoms with Crippen molar-refractivity contribution < 1.29 is 9.90 Å². The fourth-order valence-corrected chi connectivity index (χ4v) is 1.38. The molecule has 0 unspecified atom stereocenters. The molecule has 90 valence electrons. The first kappa shape index (κ1) is 12.7. The molecule has 0 aliphatic rings. The Morgan fingerprint density at radius 2 is 2.25 bits per heavy atom. The first-order chi connectivity index (χ1) is 7.59. The molecule has 0 saturated carbocycles. The molecule has 5 nitrogen and oxygen atoms in total. The molecule has 0 bridgehead atoms. The second-order valence-corrected chi connectivity index (χ2v) is 3.97. The van der Waals surface area contributed by atoms with E-state index < -0.39 is 5.60 Å². The van der Waals surface area contributed by atoms with Crippen LogP contribution in [0.25, 0.3) is 0 Å². The van der Waals surface area contributed by atoms with Crippen LogP contribution in [0.1, 0.15) is 32.4 Å². The first-order valence-electron chi connectivity index (χ1n) is 5.57. The molecule has 1 heterocycles. The smallest absolute Gasteiger partial charge is 0.226 e. The molecule has 1 rings (SSSR count). The normalized spacial score (nSPS) is 11.4. The predicted molar refractivity (Wildman–Crippen MR) is 60.8 cm³/mol. The third-order valence-electron chi connectivity index (χ3n) is 2.84. The Kier molecular flexibility index (Phi) is 4.49. The lowest BCUT2D eigenvalue weighted by atomic mass is 9.97. The van der Waals surface area contributed by atoms with Crippen LogP contribution in [0.3, 0.4) is 0 Å². The van der Waals surface area contributed by atoms with E-state index in [0.29, 0.717) is 19.4 Å². The topological polar surface area (TPSA) is 78.0 Å². The van der Waals surface area contributed by atoms with Crippen molar-refractivity contribution in [3.05, 3.63) is 18.0 Å². The summed E-state index contributed by atoms with van der Waals surface area (Å²) in [6.07, 6.45) is 3.14. The molecule has 0 aromatic carbocycles. The number of carbonyl (C=O) groups is 1. The van der Waals surface area contributed by atoms with Gasteiger partial charge in [-0.05, 0) is 18.9 Å². The predicted octanol–water partition coefficient (Wildman–Crippen LogP) is 0.619. The highest BCUT2D eigenvalue weighted by atomic mass is 16.3. The molecule has 5 heteroatoms. The Labute approximate surface area is 95.3 Å². The van der Waals surface area contributed by atoms with Crippen LogP contribution in [0.5, 0.6) is 0 Å². The summed E-state index contributed by atoms with van der Waals surface area (Å²) in [5.74, 6) is -0.107. The number of nitrogens with zero attached hydrogens (tertiary/aromatic N) is 1. The van der Waals surface area contributed by atoms with Gasteiger partial charge in [-0.1, -0.05) is 13.8 Å². The van der Waals surface area contributed by atoms with Crippen molar-refractivity contribution in [2.75, 3.05) is 6.54 Å². The van der Waals surface area contributed by atoms with Crippen molar-refractivity contribution in [2.24, 2.45) is 0 Å². The van der Waals surface area contributed by atoms with Crippen LogP contribution in [0.4, 0.5) is 0 Å². The molecular weight excluding hydrogens is 206 g/mol. The number of rotatable bonds is 6. The highest BCUT2D eigenvalue weighted by Crippen LogP contribution is 2.12. The van der Waals surface area contributed by atoms with Gasteiger partial charge in [0.2, 0.25) is 5.91 Å². The summed E-state index contributed by atoms with van der Waals surface area (Å²) in [4.78, 5) is 11.5. The summed E-state index contributed by atoms with van der Waals surface area (Å²) in [6.45, 7) is 4.11. The van der Waals surface area contributed by atoms with Gasteiger partial charge >= 0.3 is 0 Å². The van der Waals surface area contributed by atoms with E-state index >= 15 is 0 Å². The molecule has 1 aromatic heterocycles. The maximum Gasteiger partial charge on any atom is 0.226 e. The van der Waals surface area contributed by atoms with E-state index in [2.05, 4.69) is 15.5 Å². The van der Waals surface area contributed by atoms with Gasteiger partial charge in [0.25, 0.3) is 0 Å². The number of nitrogens with one attached hydrogen (secondary N) is 2.